The Kier molecular flexibility index (Phi) is 7.94. The molecule has 0 bridgehead atoms. The van der Waals surface area contributed by atoms with Crippen LogP contribution >= 0.6 is 22.9 Å². The zero-order chi connectivity index (χ0) is 23.3. The molecular weight excluding hydrogens is 460 g/mol. The van der Waals surface area contributed by atoms with Gasteiger partial charge in [-0.05, 0) is 30.7 Å². The van der Waals surface area contributed by atoms with E-state index in [4.69, 9.17) is 25.8 Å². The molecule has 0 atom stereocenters. The fourth-order valence-electron chi connectivity index (χ4n) is 3.11. The Morgan fingerprint density at radius 1 is 1.31 bits per heavy atom. The minimum atomic E-state index is -0.609. The molecule has 32 heavy (non-hydrogen) atoms. The lowest BCUT2D eigenvalue weighted by Gasteiger charge is -2.26. The number of esters is 1. The maximum atomic E-state index is 13.1. The molecule has 1 aliphatic heterocycles. The molecule has 0 saturated carbocycles. The Morgan fingerprint density at radius 2 is 2.03 bits per heavy atom. The molecule has 0 spiro atoms. The summed E-state index contributed by atoms with van der Waals surface area (Å²) in [6.07, 6.45) is 2.75. The Labute approximate surface area is 192 Å². The summed E-state index contributed by atoms with van der Waals surface area (Å²) in [7, 11) is 1.39. The van der Waals surface area contributed by atoms with Crippen molar-refractivity contribution in [1.82, 2.24) is 9.47 Å². The Bertz CT molecular complexity index is 1180. The van der Waals surface area contributed by atoms with Gasteiger partial charge in [0.05, 0.1) is 42.6 Å². The first-order valence-electron chi connectivity index (χ1n) is 9.86. The normalized spacial score (nSPS) is 15.2. The van der Waals surface area contributed by atoms with Gasteiger partial charge in [0.1, 0.15) is 11.2 Å². The third-order valence-corrected chi connectivity index (χ3v) is 6.04. The zero-order valence-electron chi connectivity index (χ0n) is 17.6. The van der Waals surface area contributed by atoms with Gasteiger partial charge in [0.25, 0.3) is 5.56 Å². The zero-order valence-corrected chi connectivity index (χ0v) is 19.2. The molecule has 9 nitrogen and oxygen atoms in total. The second-order valence-electron chi connectivity index (χ2n) is 6.78. The van der Waals surface area contributed by atoms with E-state index in [0.29, 0.717) is 31.9 Å². The van der Waals surface area contributed by atoms with Crippen LogP contribution in [-0.4, -0.2) is 66.5 Å². The second-order valence-corrected chi connectivity index (χ2v) is 8.25. The van der Waals surface area contributed by atoms with E-state index in [0.717, 1.165) is 11.3 Å². The molecule has 2 aromatic rings. The number of rotatable bonds is 6. The quantitative estimate of drug-likeness (QED) is 0.590. The van der Waals surface area contributed by atoms with Crippen molar-refractivity contribution < 1.29 is 28.9 Å². The number of carbonyl (C=O) groups is 2. The van der Waals surface area contributed by atoms with Crippen LogP contribution in [0.5, 0.6) is 11.5 Å². The fraction of sp³-hybridized carbons (Fsp3) is 0.381. The maximum Gasteiger partial charge on any atom is 0.333 e. The molecule has 1 aromatic carbocycles. The lowest BCUT2D eigenvalue weighted by molar-refractivity contribution is -0.136. The predicted molar refractivity (Wildman–Crippen MR) is 120 cm³/mol. The number of halogens is 1. The van der Waals surface area contributed by atoms with Gasteiger partial charge in [-0.2, -0.15) is 0 Å². The highest BCUT2D eigenvalue weighted by molar-refractivity contribution is 7.07. The van der Waals surface area contributed by atoms with E-state index in [1.165, 1.54) is 29.9 Å². The third kappa shape index (κ3) is 5.50. The van der Waals surface area contributed by atoms with Gasteiger partial charge < -0.3 is 24.2 Å². The molecule has 1 saturated heterocycles. The topological polar surface area (TPSA) is 107 Å². The monoisotopic (exact) mass is 482 g/mol. The number of ether oxygens (including phenoxy) is 3. The molecule has 3 rings (SSSR count). The number of aromatic nitrogens is 1. The molecule has 1 amide bonds. The summed E-state index contributed by atoms with van der Waals surface area (Å²) in [5, 5.41) is 9.99. The molecule has 1 aromatic heterocycles. The van der Waals surface area contributed by atoms with E-state index < -0.39 is 11.5 Å². The summed E-state index contributed by atoms with van der Waals surface area (Å²) in [4.78, 5) is 39.5. The van der Waals surface area contributed by atoms with E-state index in [9.17, 15) is 19.5 Å². The van der Waals surface area contributed by atoms with E-state index >= 15 is 0 Å². The van der Waals surface area contributed by atoms with Crippen molar-refractivity contribution in [2.24, 2.45) is 0 Å². The number of nitrogens with zero attached hydrogens (tertiary/aromatic N) is 2. The number of thiazole rings is 1. The Morgan fingerprint density at radius 3 is 2.69 bits per heavy atom. The first kappa shape index (κ1) is 23.8. The van der Waals surface area contributed by atoms with Crippen LogP contribution in [0.1, 0.15) is 12.5 Å². The lowest BCUT2D eigenvalue weighted by atomic mass is 10.2. The Balaban J connectivity index is 2.07. The number of carbonyl (C=O) groups excluding carboxylic acids is 2. The number of methoxy groups -OCH3 is 1. The van der Waals surface area contributed by atoms with Crippen LogP contribution in [0.15, 0.2) is 16.9 Å². The van der Waals surface area contributed by atoms with E-state index in [-0.39, 0.29) is 44.8 Å². The predicted octanol–water partition coefficient (Wildman–Crippen LogP) is 0.309. The van der Waals surface area contributed by atoms with Crippen LogP contribution in [0, 0.1) is 0 Å². The maximum absolute atomic E-state index is 13.1. The van der Waals surface area contributed by atoms with Crippen molar-refractivity contribution in [3.63, 3.8) is 0 Å². The summed E-state index contributed by atoms with van der Waals surface area (Å²) in [5.74, 6) is -0.904. The van der Waals surface area contributed by atoms with Gasteiger partial charge in [-0.3, -0.25) is 14.2 Å². The highest BCUT2D eigenvalue weighted by Crippen LogP contribution is 2.35. The largest absolute Gasteiger partial charge is 0.503 e. The van der Waals surface area contributed by atoms with Crippen molar-refractivity contribution >= 4 is 47.0 Å². The molecular formula is C21H23ClN2O7S. The van der Waals surface area contributed by atoms with Crippen molar-refractivity contribution in [3.05, 3.63) is 42.3 Å². The van der Waals surface area contributed by atoms with Crippen LogP contribution in [0.25, 0.3) is 12.2 Å². The van der Waals surface area contributed by atoms with Crippen molar-refractivity contribution in [1.29, 1.82) is 0 Å². The number of morpholine rings is 1. The lowest BCUT2D eigenvalue weighted by Crippen LogP contribution is -2.45. The third-order valence-electron chi connectivity index (χ3n) is 4.69. The van der Waals surface area contributed by atoms with Crippen LogP contribution in [0.2, 0.25) is 5.02 Å². The first-order valence-corrected chi connectivity index (χ1v) is 11.0. The molecule has 1 N–H and O–H groups in total. The number of hydrogen-bond acceptors (Lipinski definition) is 8. The van der Waals surface area contributed by atoms with Gasteiger partial charge in [0, 0.05) is 13.1 Å². The molecule has 11 heteroatoms. The number of aromatic hydroxyl groups is 1. The van der Waals surface area contributed by atoms with E-state index in [1.54, 1.807) is 17.9 Å². The summed E-state index contributed by atoms with van der Waals surface area (Å²) in [5.41, 5.74) is 0.0765. The molecule has 0 aliphatic carbocycles. The van der Waals surface area contributed by atoms with Gasteiger partial charge >= 0.3 is 5.97 Å². The molecule has 172 valence electrons. The van der Waals surface area contributed by atoms with Gasteiger partial charge in [0.2, 0.25) is 5.91 Å². The summed E-state index contributed by atoms with van der Waals surface area (Å²) >= 11 is 7.09. The minimum Gasteiger partial charge on any atom is -0.503 e. The fourth-order valence-corrected chi connectivity index (χ4v) is 4.36. The smallest absolute Gasteiger partial charge is 0.333 e. The SMILES string of the molecule is CCOC(=O)C=c1sc(=Cc2cc(Cl)c(O)c(OC)c2)c(=O)n1CC(=O)N1CCOCC1. The summed E-state index contributed by atoms with van der Waals surface area (Å²) in [6.45, 7) is 3.41. The molecule has 2 heterocycles. The van der Waals surface area contributed by atoms with E-state index in [1.807, 2.05) is 0 Å². The number of phenols is 1. The van der Waals surface area contributed by atoms with Crippen molar-refractivity contribution in [3.8, 4) is 11.5 Å². The van der Waals surface area contributed by atoms with Gasteiger partial charge in [-0.15, -0.1) is 11.3 Å². The number of phenolic OH excluding ortho intramolecular Hbond substituents is 1. The number of benzene rings is 1. The second kappa shape index (κ2) is 10.7. The van der Waals surface area contributed by atoms with Crippen molar-refractivity contribution in [2.75, 3.05) is 40.0 Å². The van der Waals surface area contributed by atoms with Gasteiger partial charge in [0.15, 0.2) is 11.5 Å². The summed E-state index contributed by atoms with van der Waals surface area (Å²) < 4.78 is 17.1. The average Bonchev–Trinajstić information content (AvgIpc) is 3.05. The first-order chi connectivity index (χ1) is 15.3. The van der Waals surface area contributed by atoms with Crippen LogP contribution in [-0.2, 0) is 25.6 Å². The van der Waals surface area contributed by atoms with Crippen LogP contribution in [0.4, 0.5) is 0 Å². The molecule has 1 aliphatic rings. The number of hydrogen-bond donors (Lipinski definition) is 1. The standard InChI is InChI=1S/C21H23ClN2O7S/c1-3-31-19(26)11-18-24(12-17(25)23-4-6-30-7-5-23)21(28)16(32-18)10-13-8-14(22)20(27)15(9-13)29-2/h8-11,27H,3-7,12H2,1-2H3. The average molecular weight is 483 g/mol. The highest BCUT2D eigenvalue weighted by atomic mass is 35.5. The van der Waals surface area contributed by atoms with Crippen LogP contribution < -0.4 is 19.5 Å². The van der Waals surface area contributed by atoms with Crippen LogP contribution in [0.3, 0.4) is 0 Å². The number of amides is 1. The Hall–Kier alpha value is -2.82. The van der Waals surface area contributed by atoms with E-state index in [2.05, 4.69) is 0 Å². The van der Waals surface area contributed by atoms with Gasteiger partial charge in [-0.25, -0.2) is 4.79 Å². The molecule has 0 unspecified atom stereocenters. The summed E-state index contributed by atoms with van der Waals surface area (Å²) in [6, 6.07) is 3.01. The molecule has 1 fully saturated rings. The van der Waals surface area contributed by atoms with Crippen molar-refractivity contribution in [2.45, 2.75) is 13.5 Å². The highest BCUT2D eigenvalue weighted by Gasteiger charge is 2.19. The van der Waals surface area contributed by atoms with Gasteiger partial charge in [-0.1, -0.05) is 11.6 Å². The minimum absolute atomic E-state index is 0.0632. The molecule has 0 radical (unpaired) electrons.